The van der Waals surface area contributed by atoms with Crippen molar-refractivity contribution in [1.82, 2.24) is 20.0 Å². The van der Waals surface area contributed by atoms with Gasteiger partial charge in [-0.2, -0.15) is 0 Å². The van der Waals surface area contributed by atoms with Crippen LogP contribution in [0.2, 0.25) is 0 Å². The SMILES string of the molecule is CCN1CCN(C(=O)C2CCCN(C(=O)c3ccccc3)CCC(=O)NCC2)CC1. The quantitative estimate of drug-likeness (QED) is 0.816. The van der Waals surface area contributed by atoms with E-state index >= 15 is 0 Å². The number of amides is 3. The highest BCUT2D eigenvalue weighted by atomic mass is 16.2. The molecule has 2 aliphatic rings. The van der Waals surface area contributed by atoms with E-state index in [1.54, 1.807) is 17.0 Å². The molecule has 1 aromatic rings. The van der Waals surface area contributed by atoms with Gasteiger partial charge >= 0.3 is 0 Å². The number of likely N-dealkylation sites (N-methyl/N-ethyl adjacent to an activating group) is 1. The maximum Gasteiger partial charge on any atom is 0.253 e. The average Bonchev–Trinajstić information content (AvgIpc) is 2.83. The maximum absolute atomic E-state index is 13.1. The molecule has 0 saturated carbocycles. The number of rotatable bonds is 3. The Kier molecular flexibility index (Phi) is 8.25. The molecule has 0 aliphatic carbocycles. The van der Waals surface area contributed by atoms with Crippen molar-refractivity contribution in [2.45, 2.75) is 32.6 Å². The van der Waals surface area contributed by atoms with Crippen LogP contribution in [-0.2, 0) is 9.59 Å². The van der Waals surface area contributed by atoms with Gasteiger partial charge in [0.15, 0.2) is 0 Å². The zero-order valence-electron chi connectivity index (χ0n) is 18.0. The number of hydrogen-bond donors (Lipinski definition) is 1. The molecule has 0 bridgehead atoms. The Bertz CT molecular complexity index is 716. The van der Waals surface area contributed by atoms with Gasteiger partial charge in [-0.3, -0.25) is 14.4 Å². The summed E-state index contributed by atoms with van der Waals surface area (Å²) in [4.78, 5) is 44.3. The third kappa shape index (κ3) is 6.05. The Labute approximate surface area is 179 Å². The lowest BCUT2D eigenvalue weighted by atomic mass is 9.97. The molecule has 3 rings (SSSR count). The minimum atomic E-state index is -0.106. The van der Waals surface area contributed by atoms with E-state index < -0.39 is 0 Å². The van der Waals surface area contributed by atoms with E-state index in [2.05, 4.69) is 17.1 Å². The molecule has 0 spiro atoms. The summed E-state index contributed by atoms with van der Waals surface area (Å²) in [5.41, 5.74) is 0.634. The van der Waals surface area contributed by atoms with Gasteiger partial charge in [-0.05, 0) is 37.9 Å². The highest BCUT2D eigenvalue weighted by molar-refractivity contribution is 5.94. The van der Waals surface area contributed by atoms with Crippen LogP contribution >= 0.6 is 0 Å². The fourth-order valence-electron chi connectivity index (χ4n) is 4.25. The standard InChI is InChI=1S/C23H34N4O3/c1-2-25-15-17-27(18-16-25)23(30)20-9-6-13-26(14-11-21(28)24-12-10-20)22(29)19-7-4-3-5-8-19/h3-5,7-8,20H,2,6,9-18H2,1H3,(H,24,28). The molecule has 2 fully saturated rings. The molecular weight excluding hydrogens is 380 g/mol. The van der Waals surface area contributed by atoms with Gasteiger partial charge in [-0.25, -0.2) is 0 Å². The monoisotopic (exact) mass is 414 g/mol. The lowest BCUT2D eigenvalue weighted by Crippen LogP contribution is -2.50. The van der Waals surface area contributed by atoms with Crippen LogP contribution in [0.3, 0.4) is 0 Å². The smallest absolute Gasteiger partial charge is 0.253 e. The van der Waals surface area contributed by atoms with Gasteiger partial charge in [-0.15, -0.1) is 0 Å². The van der Waals surface area contributed by atoms with Gasteiger partial charge in [0.1, 0.15) is 0 Å². The Morgan fingerprint density at radius 1 is 0.967 bits per heavy atom. The fraction of sp³-hybridized carbons (Fsp3) is 0.609. The van der Waals surface area contributed by atoms with E-state index in [1.807, 2.05) is 23.1 Å². The van der Waals surface area contributed by atoms with Crippen LogP contribution in [-0.4, -0.2) is 84.8 Å². The summed E-state index contributed by atoms with van der Waals surface area (Å²) in [6, 6.07) is 9.18. The molecule has 1 aromatic carbocycles. The number of carbonyl (C=O) groups excluding carboxylic acids is 3. The summed E-state index contributed by atoms with van der Waals surface area (Å²) in [5, 5.41) is 2.93. The van der Waals surface area contributed by atoms with Gasteiger partial charge in [0.2, 0.25) is 11.8 Å². The van der Waals surface area contributed by atoms with Crippen molar-refractivity contribution < 1.29 is 14.4 Å². The van der Waals surface area contributed by atoms with E-state index in [0.717, 1.165) is 45.6 Å². The summed E-state index contributed by atoms with van der Waals surface area (Å²) in [6.45, 7) is 8.02. The van der Waals surface area contributed by atoms with Crippen molar-refractivity contribution in [2.75, 3.05) is 52.4 Å². The number of benzene rings is 1. The number of nitrogens with one attached hydrogen (secondary N) is 1. The molecule has 2 heterocycles. The van der Waals surface area contributed by atoms with Crippen molar-refractivity contribution >= 4 is 17.7 Å². The average molecular weight is 415 g/mol. The summed E-state index contributed by atoms with van der Waals surface area (Å²) < 4.78 is 0. The topological polar surface area (TPSA) is 73.0 Å². The molecule has 2 aliphatic heterocycles. The van der Waals surface area contributed by atoms with E-state index in [9.17, 15) is 14.4 Å². The zero-order valence-corrected chi connectivity index (χ0v) is 18.0. The summed E-state index contributed by atoms with van der Waals surface area (Å²) in [5.74, 6) is -0.0304. The molecule has 1 unspecified atom stereocenters. The number of carbonyl (C=O) groups is 3. The van der Waals surface area contributed by atoms with E-state index in [-0.39, 0.29) is 30.1 Å². The van der Waals surface area contributed by atoms with Gasteiger partial charge in [0.25, 0.3) is 5.91 Å². The summed E-state index contributed by atoms with van der Waals surface area (Å²) in [6.07, 6.45) is 2.45. The molecule has 2 saturated heterocycles. The highest BCUT2D eigenvalue weighted by Gasteiger charge is 2.28. The van der Waals surface area contributed by atoms with Crippen LogP contribution in [0, 0.1) is 5.92 Å². The van der Waals surface area contributed by atoms with Gasteiger partial charge in [0.05, 0.1) is 0 Å². The lowest BCUT2D eigenvalue weighted by molar-refractivity contribution is -0.138. The van der Waals surface area contributed by atoms with Crippen LogP contribution in [0.5, 0.6) is 0 Å². The van der Waals surface area contributed by atoms with Crippen molar-refractivity contribution in [2.24, 2.45) is 5.92 Å². The molecule has 3 amide bonds. The van der Waals surface area contributed by atoms with Crippen LogP contribution < -0.4 is 5.32 Å². The van der Waals surface area contributed by atoms with Crippen LogP contribution in [0.1, 0.15) is 43.0 Å². The first-order valence-corrected chi connectivity index (χ1v) is 11.2. The first-order valence-electron chi connectivity index (χ1n) is 11.2. The van der Waals surface area contributed by atoms with Crippen LogP contribution in [0.4, 0.5) is 0 Å². The minimum Gasteiger partial charge on any atom is -0.356 e. The first kappa shape index (κ1) is 22.3. The van der Waals surface area contributed by atoms with E-state index in [1.165, 1.54) is 0 Å². The second-order valence-corrected chi connectivity index (χ2v) is 8.15. The minimum absolute atomic E-state index is 0.0544. The Hall–Kier alpha value is -2.41. The fourth-order valence-corrected chi connectivity index (χ4v) is 4.25. The number of piperazine rings is 1. The van der Waals surface area contributed by atoms with Gasteiger partial charge < -0.3 is 20.0 Å². The molecule has 0 radical (unpaired) electrons. The lowest BCUT2D eigenvalue weighted by Gasteiger charge is -2.36. The number of hydrogen-bond acceptors (Lipinski definition) is 4. The maximum atomic E-state index is 13.1. The Morgan fingerprint density at radius 2 is 1.70 bits per heavy atom. The Balaban J connectivity index is 1.63. The van der Waals surface area contributed by atoms with Crippen molar-refractivity contribution in [1.29, 1.82) is 0 Å². The first-order chi connectivity index (χ1) is 14.6. The summed E-state index contributed by atoms with van der Waals surface area (Å²) >= 11 is 0. The normalized spacial score (nSPS) is 22.2. The zero-order chi connectivity index (χ0) is 21.3. The van der Waals surface area contributed by atoms with Crippen LogP contribution in [0.15, 0.2) is 30.3 Å². The molecule has 1 N–H and O–H groups in total. The third-order valence-electron chi connectivity index (χ3n) is 6.19. The predicted octanol–water partition coefficient (Wildman–Crippen LogP) is 1.60. The predicted molar refractivity (Wildman–Crippen MR) is 116 cm³/mol. The van der Waals surface area contributed by atoms with E-state index in [4.69, 9.17) is 0 Å². The van der Waals surface area contributed by atoms with Gasteiger partial charge in [-0.1, -0.05) is 25.1 Å². The highest BCUT2D eigenvalue weighted by Crippen LogP contribution is 2.18. The molecule has 1 atom stereocenters. The second kappa shape index (κ2) is 11.1. The second-order valence-electron chi connectivity index (χ2n) is 8.15. The molecule has 7 heteroatoms. The van der Waals surface area contributed by atoms with Crippen molar-refractivity contribution in [3.63, 3.8) is 0 Å². The molecular formula is C23H34N4O3. The van der Waals surface area contributed by atoms with Gasteiger partial charge in [0, 0.05) is 63.7 Å². The van der Waals surface area contributed by atoms with E-state index in [0.29, 0.717) is 31.6 Å². The summed E-state index contributed by atoms with van der Waals surface area (Å²) in [7, 11) is 0. The Morgan fingerprint density at radius 3 is 2.40 bits per heavy atom. The largest absolute Gasteiger partial charge is 0.356 e. The molecule has 164 valence electrons. The van der Waals surface area contributed by atoms with Crippen molar-refractivity contribution in [3.8, 4) is 0 Å². The third-order valence-corrected chi connectivity index (χ3v) is 6.19. The molecule has 7 nitrogen and oxygen atoms in total. The number of nitrogens with zero attached hydrogens (tertiary/aromatic N) is 3. The van der Waals surface area contributed by atoms with Crippen LogP contribution in [0.25, 0.3) is 0 Å². The molecule has 30 heavy (non-hydrogen) atoms. The molecule has 0 aromatic heterocycles. The van der Waals surface area contributed by atoms with Crippen molar-refractivity contribution in [3.05, 3.63) is 35.9 Å².